The third-order valence-electron chi connectivity index (χ3n) is 16.2. The fourth-order valence-electron chi connectivity index (χ4n) is 10.6. The van der Waals surface area contributed by atoms with E-state index in [1.807, 2.05) is 6.08 Å². The molecule has 0 aromatic heterocycles. The summed E-state index contributed by atoms with van der Waals surface area (Å²) in [6.07, 6.45) is 84.4. The molecule has 1 heterocycles. The molecule has 1 aliphatic heterocycles. The molecular formula is C80H133NO10. The number of unbranched alkanes of at least 4 members (excludes halogenated alkanes) is 25. The van der Waals surface area contributed by atoms with Crippen LogP contribution >= 0.6 is 0 Å². The van der Waals surface area contributed by atoms with Crippen LogP contribution in [0.3, 0.4) is 0 Å². The maximum absolute atomic E-state index is 13.5. The monoisotopic (exact) mass is 1270 g/mol. The van der Waals surface area contributed by atoms with Crippen molar-refractivity contribution in [1.82, 2.24) is 5.32 Å². The molecule has 91 heavy (non-hydrogen) atoms. The van der Waals surface area contributed by atoms with Crippen molar-refractivity contribution in [2.45, 2.75) is 333 Å². The van der Waals surface area contributed by atoms with Crippen molar-refractivity contribution in [2.75, 3.05) is 13.2 Å². The minimum Gasteiger partial charge on any atom is -0.454 e. The first kappa shape index (κ1) is 84.6. The SMILES string of the molecule is CC/C=C\C/C=C\C/C=C\C/C=C\C/C=C\C/C=C\CCCCCCCCCCC(=O)OC1C(OCC(NC(=O)C(O)CCCCCCCC/C=C\C/C=C\C/C=C\C/C=C\C/C=C\CC)C(O)/C=C/CCCCCCCCCCCCC)OC(CO)C(O)C1O. The Bertz CT molecular complexity index is 2040. The normalized spacial score (nSPS) is 18.9. The van der Waals surface area contributed by atoms with Crippen molar-refractivity contribution in [3.8, 4) is 0 Å². The first-order chi connectivity index (χ1) is 44.7. The Balaban J connectivity index is 2.60. The van der Waals surface area contributed by atoms with Gasteiger partial charge >= 0.3 is 5.97 Å². The van der Waals surface area contributed by atoms with Gasteiger partial charge in [-0.25, -0.2) is 0 Å². The van der Waals surface area contributed by atoms with Crippen molar-refractivity contribution in [1.29, 1.82) is 0 Å². The van der Waals surface area contributed by atoms with Gasteiger partial charge in [0.1, 0.15) is 24.4 Å². The van der Waals surface area contributed by atoms with Gasteiger partial charge < -0.3 is 45.1 Å². The van der Waals surface area contributed by atoms with E-state index in [0.717, 1.165) is 167 Å². The average Bonchev–Trinajstić information content (AvgIpc) is 1.11. The topological polar surface area (TPSA) is 175 Å². The molecule has 8 unspecified atom stereocenters. The lowest BCUT2D eigenvalue weighted by Gasteiger charge is -2.41. The van der Waals surface area contributed by atoms with E-state index in [1.165, 1.54) is 70.6 Å². The zero-order valence-corrected chi connectivity index (χ0v) is 57.7. The molecular weight excluding hydrogens is 1130 g/mol. The van der Waals surface area contributed by atoms with E-state index >= 15 is 0 Å². The van der Waals surface area contributed by atoms with Crippen LogP contribution in [0.1, 0.15) is 284 Å². The molecule has 0 saturated carbocycles. The highest BCUT2D eigenvalue weighted by atomic mass is 16.7. The van der Waals surface area contributed by atoms with Crippen LogP contribution in [0.4, 0.5) is 0 Å². The number of nitrogens with one attached hydrogen (secondary N) is 1. The average molecular weight is 1270 g/mol. The molecule has 0 aliphatic carbocycles. The van der Waals surface area contributed by atoms with Gasteiger partial charge in [0.05, 0.1) is 25.4 Å². The van der Waals surface area contributed by atoms with Gasteiger partial charge in [-0.05, 0) is 122 Å². The van der Waals surface area contributed by atoms with Crippen molar-refractivity contribution >= 4 is 11.9 Å². The number of carbonyl (C=O) groups excluding carboxylic acids is 2. The molecule has 0 radical (unpaired) electrons. The lowest BCUT2D eigenvalue weighted by Crippen LogP contribution is -2.61. The number of aliphatic hydroxyl groups excluding tert-OH is 5. The Hall–Kier alpha value is -4.46. The highest BCUT2D eigenvalue weighted by molar-refractivity contribution is 5.80. The number of ether oxygens (including phenoxy) is 3. The summed E-state index contributed by atoms with van der Waals surface area (Å²) in [4.78, 5) is 26.7. The van der Waals surface area contributed by atoms with Crippen molar-refractivity contribution in [3.05, 3.63) is 146 Å². The standard InChI is InChI=1S/C80H133NO10/c1-4-7-10-13-16-19-22-25-27-29-31-33-35-36-37-38-39-41-43-45-47-50-53-56-59-62-65-68-75(85)91-78-77(87)76(86)74(69-82)90-80(78)89-70-71(72(83)66-63-60-57-54-51-48-24-21-18-15-12-9-6-3)81-79(88)73(84)67-64-61-58-55-52-49-46-44-42-40-34-32-30-28-26-23-20-17-14-11-8-5-2/h7-8,10-11,16-17,19-20,25-28,31-34,36-37,39,41-42,44,63,66,71-74,76-78,80,82-84,86-87H,4-6,9,12-15,18,21-24,29-30,35,38,40,43,45-62,64-65,67-70H2,1-3H3,(H,81,88)/b10-7-,11-8-,19-16-,20-17-,27-25-,28-26-,33-31-,34-32-,37-36-,41-39-,44-42-,66-63+. The van der Waals surface area contributed by atoms with Crippen LogP contribution in [-0.2, 0) is 23.8 Å². The third-order valence-corrected chi connectivity index (χ3v) is 16.2. The number of amides is 1. The second-order valence-corrected chi connectivity index (χ2v) is 24.6. The molecule has 0 aromatic rings. The third kappa shape index (κ3) is 52.6. The molecule has 1 saturated heterocycles. The van der Waals surface area contributed by atoms with E-state index < -0.39 is 67.4 Å². The number of hydrogen-bond acceptors (Lipinski definition) is 10. The number of rotatable bonds is 61. The molecule has 518 valence electrons. The van der Waals surface area contributed by atoms with Crippen LogP contribution in [0.2, 0.25) is 0 Å². The summed E-state index contributed by atoms with van der Waals surface area (Å²) in [5, 5.41) is 57.3. The summed E-state index contributed by atoms with van der Waals surface area (Å²) in [6.45, 7) is 5.57. The molecule has 8 atom stereocenters. The van der Waals surface area contributed by atoms with Crippen molar-refractivity contribution in [3.63, 3.8) is 0 Å². The lowest BCUT2D eigenvalue weighted by atomic mass is 9.99. The molecule has 0 aromatic carbocycles. The van der Waals surface area contributed by atoms with E-state index in [0.29, 0.717) is 12.8 Å². The van der Waals surface area contributed by atoms with Crippen molar-refractivity contribution < 1.29 is 49.3 Å². The van der Waals surface area contributed by atoms with Crippen LogP contribution in [-0.4, -0.2) is 99.6 Å². The largest absolute Gasteiger partial charge is 0.454 e. The lowest BCUT2D eigenvalue weighted by molar-refractivity contribution is -0.305. The Morgan fingerprint density at radius 2 is 0.791 bits per heavy atom. The zero-order chi connectivity index (χ0) is 66.0. The van der Waals surface area contributed by atoms with Crippen LogP contribution < -0.4 is 5.32 Å². The molecule has 11 nitrogen and oxygen atoms in total. The molecule has 1 rings (SSSR count). The van der Waals surface area contributed by atoms with E-state index in [1.54, 1.807) is 6.08 Å². The van der Waals surface area contributed by atoms with E-state index in [4.69, 9.17) is 14.2 Å². The Kier molecular flexibility index (Phi) is 60.9. The summed E-state index contributed by atoms with van der Waals surface area (Å²) >= 11 is 0. The van der Waals surface area contributed by atoms with E-state index in [2.05, 4.69) is 160 Å². The summed E-state index contributed by atoms with van der Waals surface area (Å²) in [5.41, 5.74) is 0. The second-order valence-electron chi connectivity index (χ2n) is 24.6. The van der Waals surface area contributed by atoms with E-state index in [9.17, 15) is 35.1 Å². The first-order valence-corrected chi connectivity index (χ1v) is 36.6. The first-order valence-electron chi connectivity index (χ1n) is 36.6. The van der Waals surface area contributed by atoms with Gasteiger partial charge in [-0.2, -0.15) is 0 Å². The Labute approximate surface area is 555 Å². The molecule has 0 bridgehead atoms. The fraction of sp³-hybridized carbons (Fsp3) is 0.675. The second kappa shape index (κ2) is 65.6. The van der Waals surface area contributed by atoms with Gasteiger partial charge in [-0.1, -0.05) is 301 Å². The molecule has 1 aliphatic rings. The molecule has 11 heteroatoms. The highest BCUT2D eigenvalue weighted by Crippen LogP contribution is 2.26. The van der Waals surface area contributed by atoms with Crippen molar-refractivity contribution in [2.24, 2.45) is 0 Å². The van der Waals surface area contributed by atoms with Crippen LogP contribution in [0.25, 0.3) is 0 Å². The predicted octanol–water partition coefficient (Wildman–Crippen LogP) is 19.3. The smallest absolute Gasteiger partial charge is 0.306 e. The fourth-order valence-corrected chi connectivity index (χ4v) is 10.6. The molecule has 6 N–H and O–H groups in total. The van der Waals surface area contributed by atoms with Gasteiger partial charge in [-0.15, -0.1) is 0 Å². The van der Waals surface area contributed by atoms with E-state index in [-0.39, 0.29) is 19.4 Å². The quantitative estimate of drug-likeness (QED) is 0.0195. The molecule has 1 amide bonds. The predicted molar refractivity (Wildman–Crippen MR) is 384 cm³/mol. The van der Waals surface area contributed by atoms with Crippen LogP contribution in [0.15, 0.2) is 146 Å². The maximum Gasteiger partial charge on any atom is 0.306 e. The maximum atomic E-state index is 13.5. The summed E-state index contributed by atoms with van der Waals surface area (Å²) in [6, 6.07) is -1.04. The van der Waals surface area contributed by atoms with Crippen LogP contribution in [0, 0.1) is 0 Å². The minimum absolute atomic E-state index is 0.104. The molecule has 1 fully saturated rings. The van der Waals surface area contributed by atoms with Gasteiger partial charge in [0.25, 0.3) is 0 Å². The number of esters is 1. The number of allylic oxidation sites excluding steroid dienone is 23. The minimum atomic E-state index is -1.63. The Morgan fingerprint density at radius 1 is 0.440 bits per heavy atom. The number of aliphatic hydroxyl groups is 5. The van der Waals surface area contributed by atoms with Crippen LogP contribution in [0.5, 0.6) is 0 Å². The summed E-state index contributed by atoms with van der Waals surface area (Å²) in [5.74, 6) is -1.22. The zero-order valence-electron chi connectivity index (χ0n) is 57.7. The number of hydrogen-bond donors (Lipinski definition) is 6. The number of carbonyl (C=O) groups is 2. The Morgan fingerprint density at radius 3 is 1.19 bits per heavy atom. The highest BCUT2D eigenvalue weighted by Gasteiger charge is 2.47. The summed E-state index contributed by atoms with van der Waals surface area (Å²) in [7, 11) is 0. The van der Waals surface area contributed by atoms with Gasteiger partial charge in [-0.3, -0.25) is 9.59 Å². The summed E-state index contributed by atoms with van der Waals surface area (Å²) < 4.78 is 17.7. The van der Waals surface area contributed by atoms with Gasteiger partial charge in [0.2, 0.25) is 5.91 Å². The van der Waals surface area contributed by atoms with Gasteiger partial charge in [0.15, 0.2) is 12.4 Å². The molecule has 0 spiro atoms. The van der Waals surface area contributed by atoms with Gasteiger partial charge in [0, 0.05) is 6.42 Å².